The van der Waals surface area contributed by atoms with E-state index in [0.29, 0.717) is 37.0 Å². The van der Waals surface area contributed by atoms with Crippen LogP contribution in [0, 0.1) is 0 Å². The summed E-state index contributed by atoms with van der Waals surface area (Å²) in [6, 6.07) is 8.73. The molecule has 1 atom stereocenters. The Hall–Kier alpha value is -2.42. The van der Waals surface area contributed by atoms with Crippen LogP contribution in [0.2, 0.25) is 5.02 Å². The van der Waals surface area contributed by atoms with Gasteiger partial charge in [0.25, 0.3) is 5.91 Å². The van der Waals surface area contributed by atoms with Crippen molar-refractivity contribution >= 4 is 23.5 Å². The van der Waals surface area contributed by atoms with E-state index in [4.69, 9.17) is 26.0 Å². The highest BCUT2D eigenvalue weighted by Crippen LogP contribution is 2.23. The smallest absolute Gasteiger partial charge is 0.317 e. The van der Waals surface area contributed by atoms with Gasteiger partial charge in [-0.25, -0.2) is 0 Å². The monoisotopic (exact) mass is 393 g/mol. The molecule has 1 saturated heterocycles. The van der Waals surface area contributed by atoms with E-state index >= 15 is 0 Å². The van der Waals surface area contributed by atoms with Gasteiger partial charge in [0.2, 0.25) is 5.76 Å². The van der Waals surface area contributed by atoms with Gasteiger partial charge in [0.1, 0.15) is 5.69 Å². The molecule has 1 fully saturated rings. The second-order valence-corrected chi connectivity index (χ2v) is 6.86. The maximum Gasteiger partial charge on any atom is 0.317 e. The molecule has 1 aromatic heterocycles. The Morgan fingerprint density at radius 2 is 2.22 bits per heavy atom. The Balaban J connectivity index is 1.64. The third-order valence-electron chi connectivity index (χ3n) is 4.19. The highest BCUT2D eigenvalue weighted by Gasteiger charge is 2.28. The van der Waals surface area contributed by atoms with E-state index in [1.54, 1.807) is 41.1 Å². The average Bonchev–Trinajstić information content (AvgIpc) is 3.10. The molecule has 1 unspecified atom stereocenters. The van der Waals surface area contributed by atoms with Crippen molar-refractivity contribution in [3.05, 3.63) is 41.1 Å². The predicted molar refractivity (Wildman–Crippen MR) is 97.7 cm³/mol. The van der Waals surface area contributed by atoms with Crippen molar-refractivity contribution in [1.29, 1.82) is 0 Å². The predicted octanol–water partition coefficient (Wildman–Crippen LogP) is 1.85. The first-order chi connectivity index (χ1) is 12.9. The number of carbonyl (C=O) groups excluding carboxylic acids is 1. The van der Waals surface area contributed by atoms with Gasteiger partial charge in [-0.2, -0.15) is 0 Å². The Kier molecular flexibility index (Phi) is 6.10. The minimum Gasteiger partial charge on any atom is -0.480 e. The number of nitrogens with zero attached hydrogens (tertiary/aromatic N) is 3. The fraction of sp³-hybridized carbons (Fsp3) is 0.389. The molecule has 0 saturated carbocycles. The number of carboxylic acids is 1. The maximum atomic E-state index is 12.7. The van der Waals surface area contributed by atoms with E-state index in [0.717, 1.165) is 5.56 Å². The summed E-state index contributed by atoms with van der Waals surface area (Å²) in [4.78, 5) is 26.8. The van der Waals surface area contributed by atoms with E-state index in [2.05, 4.69) is 5.16 Å². The van der Waals surface area contributed by atoms with E-state index in [1.807, 2.05) is 6.07 Å². The molecule has 8 nitrogen and oxygen atoms in total. The van der Waals surface area contributed by atoms with E-state index < -0.39 is 5.97 Å². The van der Waals surface area contributed by atoms with Crippen LogP contribution < -0.4 is 0 Å². The zero-order valence-electron chi connectivity index (χ0n) is 14.8. The molecule has 1 aliphatic heterocycles. The fourth-order valence-corrected chi connectivity index (χ4v) is 3.16. The molecule has 3 rings (SSSR count). The molecule has 0 aliphatic carbocycles. The molecule has 2 aromatic rings. The van der Waals surface area contributed by atoms with Crippen LogP contribution in [0.15, 0.2) is 34.9 Å². The molecule has 1 aliphatic rings. The molecule has 0 bridgehead atoms. The first kappa shape index (κ1) is 19.3. The molecule has 2 heterocycles. The molecule has 1 aromatic carbocycles. The van der Waals surface area contributed by atoms with Gasteiger partial charge in [0.15, 0.2) is 0 Å². The van der Waals surface area contributed by atoms with Crippen molar-refractivity contribution in [2.24, 2.45) is 0 Å². The average molecular weight is 394 g/mol. The third-order valence-corrected chi connectivity index (χ3v) is 4.42. The number of hydrogen-bond acceptors (Lipinski definition) is 6. The summed E-state index contributed by atoms with van der Waals surface area (Å²) in [5.41, 5.74) is 1.30. The first-order valence-corrected chi connectivity index (χ1v) is 8.84. The van der Waals surface area contributed by atoms with E-state index in [9.17, 15) is 9.59 Å². The van der Waals surface area contributed by atoms with Crippen molar-refractivity contribution in [2.45, 2.75) is 6.10 Å². The van der Waals surface area contributed by atoms with Gasteiger partial charge in [-0.05, 0) is 19.2 Å². The van der Waals surface area contributed by atoms with Gasteiger partial charge in [0, 0.05) is 36.3 Å². The molecule has 1 N–H and O–H groups in total. The van der Waals surface area contributed by atoms with Crippen molar-refractivity contribution in [1.82, 2.24) is 15.0 Å². The van der Waals surface area contributed by atoms with Crippen molar-refractivity contribution in [3.63, 3.8) is 0 Å². The molecule has 1 amide bonds. The Labute approximate surface area is 161 Å². The minimum absolute atomic E-state index is 0.0844. The van der Waals surface area contributed by atoms with Crippen molar-refractivity contribution < 1.29 is 24.0 Å². The van der Waals surface area contributed by atoms with E-state index in [1.165, 1.54) is 0 Å². The lowest BCUT2D eigenvalue weighted by atomic mass is 10.1. The first-order valence-electron chi connectivity index (χ1n) is 8.46. The number of carbonyl (C=O) groups is 2. The molecule has 0 spiro atoms. The Morgan fingerprint density at radius 3 is 2.96 bits per heavy atom. The zero-order chi connectivity index (χ0) is 19.4. The largest absolute Gasteiger partial charge is 0.480 e. The van der Waals surface area contributed by atoms with Crippen LogP contribution in [0.5, 0.6) is 0 Å². The lowest BCUT2D eigenvalue weighted by Gasteiger charge is -2.34. The summed E-state index contributed by atoms with van der Waals surface area (Å²) in [5.74, 6) is -1.04. The normalized spacial score (nSPS) is 17.3. The quantitative estimate of drug-likeness (QED) is 0.800. The van der Waals surface area contributed by atoms with Crippen molar-refractivity contribution in [3.8, 4) is 11.3 Å². The van der Waals surface area contributed by atoms with Crippen LogP contribution in [0.3, 0.4) is 0 Å². The molecule has 9 heteroatoms. The standard InChI is InChI=1S/C18H20ClN3O5/c1-21(11-17(23)24)9-14-10-22(5-6-26-14)18(25)16-8-15(20-27-16)12-3-2-4-13(19)7-12/h2-4,7-8,14H,5-6,9-11H2,1H3,(H,23,24). The van der Waals surface area contributed by atoms with Gasteiger partial charge in [-0.3, -0.25) is 14.5 Å². The van der Waals surface area contributed by atoms with Gasteiger partial charge in [-0.15, -0.1) is 0 Å². The Bertz CT molecular complexity index is 825. The topological polar surface area (TPSA) is 96.1 Å². The van der Waals surface area contributed by atoms with Gasteiger partial charge in [0.05, 0.1) is 19.3 Å². The second-order valence-electron chi connectivity index (χ2n) is 6.42. The SMILES string of the molecule is CN(CC(=O)O)CC1CN(C(=O)c2cc(-c3cccc(Cl)c3)no2)CCO1. The summed E-state index contributed by atoms with van der Waals surface area (Å²) in [6.45, 7) is 1.51. The number of likely N-dealkylation sites (N-methyl/N-ethyl adjacent to an activating group) is 1. The summed E-state index contributed by atoms with van der Waals surface area (Å²) in [7, 11) is 1.70. The lowest BCUT2D eigenvalue weighted by molar-refractivity contribution is -0.138. The molecular weight excluding hydrogens is 374 g/mol. The highest BCUT2D eigenvalue weighted by atomic mass is 35.5. The number of carboxylic acid groups (broad SMARTS) is 1. The van der Waals surface area contributed by atoms with Crippen LogP contribution in [-0.2, 0) is 9.53 Å². The number of benzene rings is 1. The summed E-state index contributed by atoms with van der Waals surface area (Å²) in [5, 5.41) is 13.4. The summed E-state index contributed by atoms with van der Waals surface area (Å²) >= 11 is 5.99. The second kappa shape index (κ2) is 8.51. The number of halogens is 1. The van der Waals surface area contributed by atoms with Gasteiger partial charge < -0.3 is 19.3 Å². The third kappa shape index (κ3) is 5.06. The molecule has 27 heavy (non-hydrogen) atoms. The number of morpholine rings is 1. The van der Waals surface area contributed by atoms with Crippen LogP contribution in [0.25, 0.3) is 11.3 Å². The van der Waals surface area contributed by atoms with Crippen molar-refractivity contribution in [2.75, 3.05) is 39.8 Å². The summed E-state index contributed by atoms with van der Waals surface area (Å²) in [6.07, 6.45) is -0.262. The minimum atomic E-state index is -0.906. The fourth-order valence-electron chi connectivity index (χ4n) is 2.97. The van der Waals surface area contributed by atoms with Crippen LogP contribution in [-0.4, -0.2) is 77.9 Å². The number of hydrogen-bond donors (Lipinski definition) is 1. The molecule has 144 valence electrons. The van der Waals surface area contributed by atoms with Crippen LogP contribution >= 0.6 is 11.6 Å². The summed E-state index contributed by atoms with van der Waals surface area (Å²) < 4.78 is 10.9. The zero-order valence-corrected chi connectivity index (χ0v) is 15.6. The maximum absolute atomic E-state index is 12.7. The number of rotatable bonds is 6. The van der Waals surface area contributed by atoms with Crippen LogP contribution in [0.4, 0.5) is 0 Å². The molecular formula is C18H20ClN3O5. The van der Waals surface area contributed by atoms with Gasteiger partial charge in [-0.1, -0.05) is 28.9 Å². The van der Waals surface area contributed by atoms with E-state index in [-0.39, 0.29) is 24.3 Å². The Morgan fingerprint density at radius 1 is 1.41 bits per heavy atom. The number of aliphatic carboxylic acids is 1. The number of aromatic nitrogens is 1. The molecule has 0 radical (unpaired) electrons. The lowest BCUT2D eigenvalue weighted by Crippen LogP contribution is -2.49. The van der Waals surface area contributed by atoms with Gasteiger partial charge >= 0.3 is 5.97 Å². The van der Waals surface area contributed by atoms with Crippen LogP contribution in [0.1, 0.15) is 10.6 Å². The number of amides is 1. The highest BCUT2D eigenvalue weighted by molar-refractivity contribution is 6.30. The number of ether oxygens (including phenoxy) is 1.